The van der Waals surface area contributed by atoms with Crippen LogP contribution in [0.1, 0.15) is 5.56 Å². The maximum absolute atomic E-state index is 11.8. The molecule has 1 aliphatic heterocycles. The molecule has 2 amide bonds. The van der Waals surface area contributed by atoms with Crippen LogP contribution < -0.4 is 10.2 Å². The fourth-order valence-corrected chi connectivity index (χ4v) is 2.31. The number of aryl methyl sites for hydroxylation is 1. The Morgan fingerprint density at radius 1 is 1.32 bits per heavy atom. The molecule has 0 aliphatic carbocycles. The first-order valence-corrected chi connectivity index (χ1v) is 6.49. The summed E-state index contributed by atoms with van der Waals surface area (Å²) in [6.45, 7) is 5.57. The van der Waals surface area contributed by atoms with E-state index in [1.54, 1.807) is 0 Å². The minimum absolute atomic E-state index is 0.0672. The van der Waals surface area contributed by atoms with Gasteiger partial charge >= 0.3 is 6.03 Å². The summed E-state index contributed by atoms with van der Waals surface area (Å²) in [7, 11) is 0. The third-order valence-corrected chi connectivity index (χ3v) is 3.36. The van der Waals surface area contributed by atoms with Crippen LogP contribution in [0.15, 0.2) is 24.3 Å². The smallest absolute Gasteiger partial charge is 0.318 e. The number of terminal acetylenes is 1. The summed E-state index contributed by atoms with van der Waals surface area (Å²) < 4.78 is 0. The number of amides is 2. The van der Waals surface area contributed by atoms with E-state index in [1.807, 2.05) is 17.0 Å². The SMILES string of the molecule is C#CCNC(=O)N1CCN(c2ccccc2C)CC1. The van der Waals surface area contributed by atoms with Gasteiger partial charge in [0.2, 0.25) is 0 Å². The quantitative estimate of drug-likeness (QED) is 0.814. The number of benzene rings is 1. The zero-order valence-electron chi connectivity index (χ0n) is 11.2. The van der Waals surface area contributed by atoms with Crippen molar-refractivity contribution < 1.29 is 4.79 Å². The Morgan fingerprint density at radius 3 is 2.63 bits per heavy atom. The van der Waals surface area contributed by atoms with Crippen molar-refractivity contribution in [3.05, 3.63) is 29.8 Å². The highest BCUT2D eigenvalue weighted by molar-refractivity contribution is 5.74. The van der Waals surface area contributed by atoms with Gasteiger partial charge in [-0.25, -0.2) is 4.79 Å². The van der Waals surface area contributed by atoms with E-state index in [2.05, 4.69) is 35.2 Å². The molecule has 4 nitrogen and oxygen atoms in total. The van der Waals surface area contributed by atoms with Gasteiger partial charge in [0.1, 0.15) is 0 Å². The summed E-state index contributed by atoms with van der Waals surface area (Å²) in [5.41, 5.74) is 2.53. The average Bonchev–Trinajstić information content (AvgIpc) is 2.45. The van der Waals surface area contributed by atoms with Gasteiger partial charge in [-0.15, -0.1) is 6.42 Å². The molecule has 0 bridgehead atoms. The monoisotopic (exact) mass is 257 g/mol. The summed E-state index contributed by atoms with van der Waals surface area (Å²) in [5.74, 6) is 2.41. The van der Waals surface area contributed by atoms with Crippen molar-refractivity contribution in [2.75, 3.05) is 37.6 Å². The molecule has 0 radical (unpaired) electrons. The van der Waals surface area contributed by atoms with Gasteiger partial charge in [-0.05, 0) is 18.6 Å². The number of rotatable bonds is 2. The summed E-state index contributed by atoms with van der Waals surface area (Å²) >= 11 is 0. The van der Waals surface area contributed by atoms with Crippen LogP contribution in [0, 0.1) is 19.3 Å². The maximum Gasteiger partial charge on any atom is 0.318 e. The molecule has 1 aromatic carbocycles. The Kier molecular flexibility index (Phi) is 4.30. The van der Waals surface area contributed by atoms with Crippen molar-refractivity contribution in [1.29, 1.82) is 0 Å². The molecule has 0 unspecified atom stereocenters. The van der Waals surface area contributed by atoms with E-state index in [0.717, 1.165) is 26.2 Å². The van der Waals surface area contributed by atoms with E-state index in [4.69, 9.17) is 6.42 Å². The first-order chi connectivity index (χ1) is 9.22. The Labute approximate surface area is 114 Å². The Hall–Kier alpha value is -2.15. The van der Waals surface area contributed by atoms with Gasteiger partial charge in [0.15, 0.2) is 0 Å². The van der Waals surface area contributed by atoms with Crippen LogP contribution in [0.4, 0.5) is 10.5 Å². The highest BCUT2D eigenvalue weighted by atomic mass is 16.2. The van der Waals surface area contributed by atoms with Crippen molar-refractivity contribution in [2.24, 2.45) is 0 Å². The van der Waals surface area contributed by atoms with E-state index < -0.39 is 0 Å². The van der Waals surface area contributed by atoms with E-state index in [9.17, 15) is 4.79 Å². The standard InChI is InChI=1S/C15H19N3O/c1-3-8-16-15(19)18-11-9-17(10-12-18)14-7-5-4-6-13(14)2/h1,4-7H,8-12H2,2H3,(H,16,19). The van der Waals surface area contributed by atoms with Crippen LogP contribution in [-0.2, 0) is 0 Å². The van der Waals surface area contributed by atoms with E-state index in [1.165, 1.54) is 11.3 Å². The predicted octanol–water partition coefficient (Wildman–Crippen LogP) is 1.46. The molecule has 1 saturated heterocycles. The molecule has 1 heterocycles. The first-order valence-electron chi connectivity index (χ1n) is 6.49. The van der Waals surface area contributed by atoms with Crippen LogP contribution in [0.3, 0.4) is 0 Å². The summed E-state index contributed by atoms with van der Waals surface area (Å²) in [6.07, 6.45) is 5.13. The molecule has 4 heteroatoms. The summed E-state index contributed by atoms with van der Waals surface area (Å²) in [5, 5.41) is 2.70. The molecule has 0 spiro atoms. The average molecular weight is 257 g/mol. The molecule has 2 rings (SSSR count). The second-order valence-corrected chi connectivity index (χ2v) is 4.62. The number of hydrogen-bond donors (Lipinski definition) is 1. The van der Waals surface area contributed by atoms with Gasteiger partial charge in [-0.3, -0.25) is 0 Å². The fraction of sp³-hybridized carbons (Fsp3) is 0.400. The second kappa shape index (κ2) is 6.14. The lowest BCUT2D eigenvalue weighted by atomic mass is 10.1. The van der Waals surface area contributed by atoms with E-state index >= 15 is 0 Å². The Balaban J connectivity index is 1.91. The lowest BCUT2D eigenvalue weighted by Crippen LogP contribution is -2.52. The van der Waals surface area contributed by atoms with E-state index in [0.29, 0.717) is 0 Å². The largest absolute Gasteiger partial charge is 0.368 e. The number of anilines is 1. The minimum atomic E-state index is -0.0672. The van der Waals surface area contributed by atoms with Gasteiger partial charge in [0.05, 0.1) is 6.54 Å². The molecule has 100 valence electrons. The number of carbonyl (C=O) groups is 1. The highest BCUT2D eigenvalue weighted by Gasteiger charge is 2.21. The zero-order valence-corrected chi connectivity index (χ0v) is 11.2. The van der Waals surface area contributed by atoms with Crippen molar-refractivity contribution in [3.8, 4) is 12.3 Å². The van der Waals surface area contributed by atoms with Crippen LogP contribution in [-0.4, -0.2) is 43.7 Å². The van der Waals surface area contributed by atoms with Crippen molar-refractivity contribution in [2.45, 2.75) is 6.92 Å². The normalized spacial score (nSPS) is 14.9. The van der Waals surface area contributed by atoms with Gasteiger partial charge < -0.3 is 15.1 Å². The number of carbonyl (C=O) groups excluding carboxylic acids is 1. The van der Waals surface area contributed by atoms with Crippen LogP contribution in [0.25, 0.3) is 0 Å². The van der Waals surface area contributed by atoms with Gasteiger partial charge in [-0.2, -0.15) is 0 Å². The van der Waals surface area contributed by atoms with Crippen molar-refractivity contribution in [3.63, 3.8) is 0 Å². The number of piperazine rings is 1. The van der Waals surface area contributed by atoms with Crippen molar-refractivity contribution >= 4 is 11.7 Å². The van der Waals surface area contributed by atoms with Gasteiger partial charge in [0.25, 0.3) is 0 Å². The van der Waals surface area contributed by atoms with E-state index in [-0.39, 0.29) is 12.6 Å². The highest BCUT2D eigenvalue weighted by Crippen LogP contribution is 2.20. The number of hydrogen-bond acceptors (Lipinski definition) is 2. The zero-order chi connectivity index (χ0) is 13.7. The molecule has 1 N–H and O–H groups in total. The van der Waals surface area contributed by atoms with Crippen molar-refractivity contribution in [1.82, 2.24) is 10.2 Å². The lowest BCUT2D eigenvalue weighted by molar-refractivity contribution is 0.195. The number of para-hydroxylation sites is 1. The van der Waals surface area contributed by atoms with Gasteiger partial charge in [-0.1, -0.05) is 24.1 Å². The molecular formula is C15H19N3O. The predicted molar refractivity (Wildman–Crippen MR) is 77.2 cm³/mol. The number of nitrogens with zero attached hydrogens (tertiary/aromatic N) is 2. The van der Waals surface area contributed by atoms with Crippen LogP contribution in [0.2, 0.25) is 0 Å². The molecule has 1 fully saturated rings. The molecule has 0 aromatic heterocycles. The Bertz CT molecular complexity index is 484. The first kappa shape index (κ1) is 13.3. The minimum Gasteiger partial charge on any atom is -0.368 e. The molecule has 1 aliphatic rings. The molecule has 0 saturated carbocycles. The van der Waals surface area contributed by atoms with Crippen LogP contribution >= 0.6 is 0 Å². The third-order valence-electron chi connectivity index (χ3n) is 3.36. The maximum atomic E-state index is 11.8. The Morgan fingerprint density at radius 2 is 2.00 bits per heavy atom. The molecule has 19 heavy (non-hydrogen) atoms. The molecular weight excluding hydrogens is 238 g/mol. The second-order valence-electron chi connectivity index (χ2n) is 4.62. The topological polar surface area (TPSA) is 35.6 Å². The fourth-order valence-electron chi connectivity index (χ4n) is 2.31. The number of nitrogens with one attached hydrogen (secondary N) is 1. The third kappa shape index (κ3) is 3.19. The molecule has 0 atom stereocenters. The number of urea groups is 1. The van der Waals surface area contributed by atoms with Gasteiger partial charge in [0, 0.05) is 31.9 Å². The summed E-state index contributed by atoms with van der Waals surface area (Å²) in [6, 6.07) is 8.27. The lowest BCUT2D eigenvalue weighted by Gasteiger charge is -2.36. The summed E-state index contributed by atoms with van der Waals surface area (Å²) in [4.78, 5) is 15.9. The molecule has 1 aromatic rings. The van der Waals surface area contributed by atoms with Crippen LogP contribution in [0.5, 0.6) is 0 Å².